The van der Waals surface area contributed by atoms with Gasteiger partial charge in [0.25, 0.3) is 5.91 Å². The van der Waals surface area contributed by atoms with E-state index in [1.807, 2.05) is 0 Å². The first-order valence-electron chi connectivity index (χ1n) is 6.41. The molecule has 7 heteroatoms. The van der Waals surface area contributed by atoms with Crippen molar-refractivity contribution in [2.24, 2.45) is 0 Å². The van der Waals surface area contributed by atoms with Crippen LogP contribution in [-0.4, -0.2) is 50.1 Å². The average molecular weight is 313 g/mol. The molecule has 1 N–H and O–H groups in total. The van der Waals surface area contributed by atoms with Crippen molar-refractivity contribution in [2.45, 2.75) is 24.7 Å². The Kier molecular flexibility index (Phi) is 5.48. The highest BCUT2D eigenvalue weighted by atomic mass is 32.2. The number of carbonyl (C=O) groups is 2. The molecule has 0 bridgehead atoms. The third-order valence-electron chi connectivity index (χ3n) is 3.10. The standard InChI is InChI=1S/C14H19NO5S/c1-10-6-7-11(21(3,19)20)9-12(10)14(18)15(2)8-4-5-13(16)17/h6-7,9H,4-5,8H2,1-3H3,(H,16,17). The van der Waals surface area contributed by atoms with E-state index < -0.39 is 15.8 Å². The molecule has 116 valence electrons. The van der Waals surface area contributed by atoms with Crippen molar-refractivity contribution in [3.05, 3.63) is 29.3 Å². The summed E-state index contributed by atoms with van der Waals surface area (Å²) in [6, 6.07) is 4.42. The first kappa shape index (κ1) is 17.2. The van der Waals surface area contributed by atoms with Gasteiger partial charge in [-0.2, -0.15) is 0 Å². The highest BCUT2D eigenvalue weighted by Crippen LogP contribution is 2.17. The van der Waals surface area contributed by atoms with Crippen LogP contribution in [0.2, 0.25) is 0 Å². The molecule has 0 aromatic heterocycles. The minimum absolute atomic E-state index is 0.0139. The number of nitrogens with zero attached hydrogens (tertiary/aromatic N) is 1. The molecule has 0 spiro atoms. The van der Waals surface area contributed by atoms with Crippen molar-refractivity contribution in [1.82, 2.24) is 4.90 Å². The zero-order valence-corrected chi connectivity index (χ0v) is 13.1. The van der Waals surface area contributed by atoms with Gasteiger partial charge in [-0.25, -0.2) is 8.42 Å². The van der Waals surface area contributed by atoms with Gasteiger partial charge in [-0.3, -0.25) is 9.59 Å². The molecule has 0 aliphatic rings. The van der Waals surface area contributed by atoms with Crippen LogP contribution in [-0.2, 0) is 14.6 Å². The summed E-state index contributed by atoms with van der Waals surface area (Å²) in [7, 11) is -1.81. The van der Waals surface area contributed by atoms with E-state index in [0.717, 1.165) is 6.26 Å². The molecule has 0 fully saturated rings. The van der Waals surface area contributed by atoms with Crippen LogP contribution < -0.4 is 0 Å². The Morgan fingerprint density at radius 3 is 2.43 bits per heavy atom. The van der Waals surface area contributed by atoms with E-state index in [1.165, 1.54) is 17.0 Å². The number of hydrogen-bond donors (Lipinski definition) is 1. The van der Waals surface area contributed by atoms with Crippen molar-refractivity contribution in [3.8, 4) is 0 Å². The number of aliphatic carboxylic acids is 1. The molecule has 0 atom stereocenters. The summed E-state index contributed by atoms with van der Waals surface area (Å²) in [4.78, 5) is 24.3. The zero-order chi connectivity index (χ0) is 16.2. The number of carbonyl (C=O) groups excluding carboxylic acids is 1. The molecule has 0 saturated heterocycles. The normalized spacial score (nSPS) is 11.2. The van der Waals surface area contributed by atoms with E-state index in [9.17, 15) is 18.0 Å². The molecule has 0 aliphatic carbocycles. The number of hydrogen-bond acceptors (Lipinski definition) is 4. The van der Waals surface area contributed by atoms with Crippen LogP contribution in [0.25, 0.3) is 0 Å². The predicted molar refractivity (Wildman–Crippen MR) is 78.1 cm³/mol. The van der Waals surface area contributed by atoms with Gasteiger partial charge in [0.05, 0.1) is 4.90 Å². The van der Waals surface area contributed by atoms with Crippen molar-refractivity contribution >= 4 is 21.7 Å². The quantitative estimate of drug-likeness (QED) is 0.855. The molecule has 1 aromatic carbocycles. The molecule has 0 unspecified atom stereocenters. The Balaban J connectivity index is 2.93. The lowest BCUT2D eigenvalue weighted by atomic mass is 10.1. The van der Waals surface area contributed by atoms with Crippen molar-refractivity contribution < 1.29 is 23.1 Å². The minimum Gasteiger partial charge on any atom is -0.481 e. The Labute approximate surface area is 124 Å². The molecule has 1 amide bonds. The number of rotatable bonds is 6. The van der Waals surface area contributed by atoms with Crippen LogP contribution in [0.1, 0.15) is 28.8 Å². The summed E-state index contributed by atoms with van der Waals surface area (Å²) in [5.41, 5.74) is 0.994. The van der Waals surface area contributed by atoms with Gasteiger partial charge in [0, 0.05) is 31.8 Å². The summed E-state index contributed by atoms with van der Waals surface area (Å²) in [5, 5.41) is 8.58. The lowest BCUT2D eigenvalue weighted by Gasteiger charge is -2.18. The lowest BCUT2D eigenvalue weighted by molar-refractivity contribution is -0.137. The maximum Gasteiger partial charge on any atom is 0.303 e. The highest BCUT2D eigenvalue weighted by Gasteiger charge is 2.17. The Morgan fingerprint density at radius 2 is 1.90 bits per heavy atom. The van der Waals surface area contributed by atoms with Gasteiger partial charge in [0.2, 0.25) is 0 Å². The van der Waals surface area contributed by atoms with Crippen LogP contribution in [0.3, 0.4) is 0 Å². The third-order valence-corrected chi connectivity index (χ3v) is 4.21. The smallest absolute Gasteiger partial charge is 0.303 e. The molecule has 0 aliphatic heterocycles. The summed E-state index contributed by atoms with van der Waals surface area (Å²) < 4.78 is 23.1. The van der Waals surface area contributed by atoms with Gasteiger partial charge in [0.1, 0.15) is 0 Å². The van der Waals surface area contributed by atoms with Crippen LogP contribution in [0.4, 0.5) is 0 Å². The van der Waals surface area contributed by atoms with Crippen LogP contribution in [0.15, 0.2) is 23.1 Å². The summed E-state index contributed by atoms with van der Waals surface area (Å²) in [6.45, 7) is 2.03. The van der Waals surface area contributed by atoms with E-state index in [-0.39, 0.29) is 17.2 Å². The maximum atomic E-state index is 12.3. The highest BCUT2D eigenvalue weighted by molar-refractivity contribution is 7.90. The van der Waals surface area contributed by atoms with Gasteiger partial charge in [0.15, 0.2) is 9.84 Å². The van der Waals surface area contributed by atoms with Gasteiger partial charge < -0.3 is 10.0 Å². The lowest BCUT2D eigenvalue weighted by Crippen LogP contribution is -2.28. The van der Waals surface area contributed by atoms with Crippen molar-refractivity contribution in [3.63, 3.8) is 0 Å². The molecule has 1 rings (SSSR count). The van der Waals surface area contributed by atoms with Gasteiger partial charge in [-0.1, -0.05) is 6.07 Å². The molecule has 0 saturated carbocycles. The SMILES string of the molecule is Cc1ccc(S(C)(=O)=O)cc1C(=O)N(C)CCCC(=O)O. The molecule has 1 aromatic rings. The third kappa shape index (κ3) is 4.86. The van der Waals surface area contributed by atoms with Gasteiger partial charge >= 0.3 is 5.97 Å². The van der Waals surface area contributed by atoms with E-state index in [4.69, 9.17) is 5.11 Å². The Bertz CT molecular complexity index is 651. The molecule has 21 heavy (non-hydrogen) atoms. The monoisotopic (exact) mass is 313 g/mol. The fourth-order valence-electron chi connectivity index (χ4n) is 1.84. The molecule has 0 heterocycles. The topological polar surface area (TPSA) is 91.8 Å². The fraction of sp³-hybridized carbons (Fsp3) is 0.429. The predicted octanol–water partition coefficient (Wildman–Crippen LogP) is 1.34. The van der Waals surface area contributed by atoms with Crippen molar-refractivity contribution in [2.75, 3.05) is 19.8 Å². The minimum atomic E-state index is -3.38. The number of benzene rings is 1. The molecule has 6 nitrogen and oxygen atoms in total. The summed E-state index contributed by atoms with van der Waals surface area (Å²) in [6.07, 6.45) is 1.42. The molecule has 0 radical (unpaired) electrons. The first-order chi connectivity index (χ1) is 9.62. The number of sulfone groups is 1. The summed E-state index contributed by atoms with van der Waals surface area (Å²) in [5.74, 6) is -1.23. The van der Waals surface area contributed by atoms with E-state index in [1.54, 1.807) is 20.0 Å². The van der Waals surface area contributed by atoms with E-state index >= 15 is 0 Å². The number of carboxylic acids is 1. The zero-order valence-electron chi connectivity index (χ0n) is 12.3. The first-order valence-corrected chi connectivity index (χ1v) is 8.30. The van der Waals surface area contributed by atoms with Crippen LogP contribution >= 0.6 is 0 Å². The maximum absolute atomic E-state index is 12.3. The fourth-order valence-corrected chi connectivity index (χ4v) is 2.48. The average Bonchev–Trinajstić information content (AvgIpc) is 2.36. The Morgan fingerprint density at radius 1 is 1.29 bits per heavy atom. The van der Waals surface area contributed by atoms with Crippen LogP contribution in [0, 0.1) is 6.92 Å². The molecular formula is C14H19NO5S. The van der Waals surface area contributed by atoms with Gasteiger partial charge in [-0.15, -0.1) is 0 Å². The second kappa shape index (κ2) is 6.71. The van der Waals surface area contributed by atoms with Crippen molar-refractivity contribution in [1.29, 1.82) is 0 Å². The second-order valence-corrected chi connectivity index (χ2v) is 6.99. The second-order valence-electron chi connectivity index (χ2n) is 4.97. The van der Waals surface area contributed by atoms with Gasteiger partial charge in [-0.05, 0) is 31.0 Å². The molecular weight excluding hydrogens is 294 g/mol. The van der Waals surface area contributed by atoms with E-state index in [2.05, 4.69) is 0 Å². The summed E-state index contributed by atoms with van der Waals surface area (Å²) >= 11 is 0. The number of carboxylic acid groups (broad SMARTS) is 1. The number of aryl methyl sites for hydroxylation is 1. The Hall–Kier alpha value is -1.89. The van der Waals surface area contributed by atoms with Crippen LogP contribution in [0.5, 0.6) is 0 Å². The largest absolute Gasteiger partial charge is 0.481 e. The van der Waals surface area contributed by atoms with E-state index in [0.29, 0.717) is 24.1 Å². The number of amides is 1.